The van der Waals surface area contributed by atoms with Crippen LogP contribution in [0.4, 0.5) is 0 Å². The molecule has 0 rings (SSSR count). The lowest BCUT2D eigenvalue weighted by Crippen LogP contribution is -2.06. The Bertz CT molecular complexity index is 351. The van der Waals surface area contributed by atoms with Crippen LogP contribution in [0.1, 0.15) is 59.8 Å². The lowest BCUT2D eigenvalue weighted by atomic mass is 10.4. The maximum Gasteiger partial charge on any atom is 0.330 e. The number of hydrogen-bond acceptors (Lipinski definition) is 6. The van der Waals surface area contributed by atoms with Gasteiger partial charge in [-0.05, 0) is 33.1 Å². The van der Waals surface area contributed by atoms with E-state index in [1.165, 1.54) is 0 Å². The molecule has 23 heavy (non-hydrogen) atoms. The van der Waals surface area contributed by atoms with Gasteiger partial charge >= 0.3 is 15.2 Å². The Kier molecular flexibility index (Phi) is 13.8. The van der Waals surface area contributed by atoms with Crippen LogP contribution < -0.4 is 0 Å². The first kappa shape index (κ1) is 23.3. The molecule has 0 spiro atoms. The minimum atomic E-state index is -3.13. The number of rotatable bonds is 16. The third-order valence-electron chi connectivity index (χ3n) is 3.09. The highest BCUT2D eigenvalue weighted by atomic mass is 31.2. The van der Waals surface area contributed by atoms with Gasteiger partial charge in [-0.1, -0.05) is 26.7 Å². The van der Waals surface area contributed by atoms with E-state index in [9.17, 15) is 9.13 Å². The molecule has 6 nitrogen and oxygen atoms in total. The Labute approximate surface area is 141 Å². The van der Waals surface area contributed by atoms with Gasteiger partial charge < -0.3 is 18.1 Å². The maximum absolute atomic E-state index is 12.7. The van der Waals surface area contributed by atoms with E-state index in [2.05, 4.69) is 0 Å². The smallest absolute Gasteiger partial charge is 0.309 e. The number of hydrogen-bond donors (Lipinski definition) is 0. The highest BCUT2D eigenvalue weighted by Gasteiger charge is 2.28. The van der Waals surface area contributed by atoms with Gasteiger partial charge in [0.15, 0.2) is 0 Å². The quantitative estimate of drug-likeness (QED) is 0.264. The first-order valence-electron chi connectivity index (χ1n) is 8.71. The summed E-state index contributed by atoms with van der Waals surface area (Å²) in [5, 5.41) is 0. The van der Waals surface area contributed by atoms with E-state index in [4.69, 9.17) is 18.1 Å². The van der Waals surface area contributed by atoms with Gasteiger partial charge in [-0.2, -0.15) is 0 Å². The van der Waals surface area contributed by atoms with Gasteiger partial charge in [0.05, 0.1) is 38.8 Å². The fourth-order valence-electron chi connectivity index (χ4n) is 1.88. The van der Waals surface area contributed by atoms with Crippen LogP contribution in [0.2, 0.25) is 0 Å². The van der Waals surface area contributed by atoms with Crippen LogP contribution in [0.5, 0.6) is 0 Å². The molecule has 0 fully saturated rings. The molecule has 0 bridgehead atoms. The highest BCUT2D eigenvalue weighted by Crippen LogP contribution is 2.53. The highest BCUT2D eigenvalue weighted by molar-refractivity contribution is 7.54. The molecule has 0 saturated carbocycles. The lowest BCUT2D eigenvalue weighted by Gasteiger charge is -2.20. The van der Waals surface area contributed by atoms with E-state index in [-0.39, 0.29) is 12.3 Å². The van der Waals surface area contributed by atoms with E-state index in [1.807, 2.05) is 13.8 Å². The summed E-state index contributed by atoms with van der Waals surface area (Å²) in [6.07, 6.45) is 4.52. The second kappa shape index (κ2) is 13.6. The molecule has 0 aliphatic carbocycles. The molecule has 0 aromatic rings. The second-order valence-corrected chi connectivity index (χ2v) is 9.60. The van der Waals surface area contributed by atoms with Crippen LogP contribution in [0.15, 0.2) is 0 Å². The van der Waals surface area contributed by atoms with Crippen molar-refractivity contribution in [2.45, 2.75) is 59.8 Å². The molecule has 0 aliphatic rings. The average Bonchev–Trinajstić information content (AvgIpc) is 2.48. The van der Waals surface area contributed by atoms with E-state index in [0.717, 1.165) is 25.7 Å². The summed E-state index contributed by atoms with van der Waals surface area (Å²) in [6, 6.07) is 0. The minimum absolute atomic E-state index is 0.229. The third-order valence-corrected chi connectivity index (χ3v) is 7.27. The summed E-state index contributed by atoms with van der Waals surface area (Å²) < 4.78 is 46.7. The molecule has 0 radical (unpaired) electrons. The van der Waals surface area contributed by atoms with Gasteiger partial charge in [0, 0.05) is 0 Å². The summed E-state index contributed by atoms with van der Waals surface area (Å²) in [5.41, 5.74) is 0. The zero-order chi connectivity index (χ0) is 17.6. The molecule has 0 aromatic carbocycles. The topological polar surface area (TPSA) is 71.1 Å². The summed E-state index contributed by atoms with van der Waals surface area (Å²) >= 11 is 0. The summed E-state index contributed by atoms with van der Waals surface area (Å²) in [5.74, 6) is 0. The molecule has 8 heteroatoms. The van der Waals surface area contributed by atoms with Gasteiger partial charge in [0.1, 0.15) is 0 Å². The molecule has 0 unspecified atom stereocenters. The molecular weight excluding hydrogens is 338 g/mol. The molecule has 0 N–H and O–H groups in total. The van der Waals surface area contributed by atoms with Crippen LogP contribution in [0, 0.1) is 0 Å². The van der Waals surface area contributed by atoms with Crippen LogP contribution in [0.25, 0.3) is 0 Å². The van der Waals surface area contributed by atoms with Crippen molar-refractivity contribution in [3.8, 4) is 0 Å². The van der Waals surface area contributed by atoms with Crippen molar-refractivity contribution in [1.29, 1.82) is 0 Å². The monoisotopic (exact) mass is 372 g/mol. The molecule has 0 aliphatic heterocycles. The Balaban J connectivity index is 4.50. The Morgan fingerprint density at radius 1 is 0.609 bits per heavy atom. The van der Waals surface area contributed by atoms with Crippen molar-refractivity contribution in [3.63, 3.8) is 0 Å². The zero-order valence-corrected chi connectivity index (χ0v) is 16.9. The first-order valence-corrected chi connectivity index (χ1v) is 12.2. The minimum Gasteiger partial charge on any atom is -0.309 e. The fraction of sp³-hybridized carbons (Fsp3) is 1.00. The van der Waals surface area contributed by atoms with Gasteiger partial charge in [0.25, 0.3) is 0 Å². The molecule has 0 aromatic heterocycles. The Morgan fingerprint density at radius 2 is 1.00 bits per heavy atom. The van der Waals surface area contributed by atoms with Crippen LogP contribution in [-0.4, -0.2) is 38.8 Å². The Hall–Kier alpha value is 0.300. The van der Waals surface area contributed by atoms with Crippen molar-refractivity contribution >= 4 is 15.2 Å². The molecule has 0 amide bonds. The summed E-state index contributed by atoms with van der Waals surface area (Å²) in [6.45, 7) is 9.16. The fourth-order valence-corrected chi connectivity index (χ4v) is 5.49. The van der Waals surface area contributed by atoms with Crippen molar-refractivity contribution in [2.24, 2.45) is 0 Å². The van der Waals surface area contributed by atoms with Crippen molar-refractivity contribution in [3.05, 3.63) is 0 Å². The lowest BCUT2D eigenvalue weighted by molar-refractivity contribution is 0.199. The predicted molar refractivity (Wildman–Crippen MR) is 94.5 cm³/mol. The normalized spacial score (nSPS) is 12.7. The van der Waals surface area contributed by atoms with Crippen molar-refractivity contribution in [2.75, 3.05) is 38.8 Å². The first-order chi connectivity index (χ1) is 10.9. The molecular formula is C15H34O6P2. The standard InChI is InChI=1S/C15H34O6P2/c1-5-9-12-20-23(17,21-13-10-6-2)15-11-14-22(16,18-7-3)19-8-4/h5-15H2,1-4H3. The predicted octanol–water partition coefficient (Wildman–Crippen LogP) is 5.47. The van der Waals surface area contributed by atoms with Crippen molar-refractivity contribution in [1.82, 2.24) is 0 Å². The van der Waals surface area contributed by atoms with E-state index >= 15 is 0 Å². The zero-order valence-electron chi connectivity index (χ0n) is 15.1. The second-order valence-electron chi connectivity index (χ2n) is 5.23. The van der Waals surface area contributed by atoms with Crippen LogP contribution >= 0.6 is 15.2 Å². The maximum atomic E-state index is 12.7. The SMILES string of the molecule is CCCCOP(=O)(CCCP(=O)(OCC)OCC)OCCCC. The van der Waals surface area contributed by atoms with E-state index in [0.29, 0.717) is 32.8 Å². The molecule has 0 heterocycles. The van der Waals surface area contributed by atoms with Gasteiger partial charge in [-0.25, -0.2) is 0 Å². The van der Waals surface area contributed by atoms with E-state index in [1.54, 1.807) is 13.8 Å². The van der Waals surface area contributed by atoms with Gasteiger partial charge in [0.2, 0.25) is 0 Å². The van der Waals surface area contributed by atoms with Gasteiger partial charge in [-0.3, -0.25) is 9.13 Å². The van der Waals surface area contributed by atoms with Gasteiger partial charge in [-0.15, -0.1) is 0 Å². The van der Waals surface area contributed by atoms with E-state index < -0.39 is 15.2 Å². The third kappa shape index (κ3) is 11.5. The summed E-state index contributed by atoms with van der Waals surface area (Å²) in [7, 11) is -6.24. The Morgan fingerprint density at radius 3 is 1.35 bits per heavy atom. The van der Waals surface area contributed by atoms with Crippen LogP contribution in [-0.2, 0) is 27.2 Å². The van der Waals surface area contributed by atoms with Crippen LogP contribution in [0.3, 0.4) is 0 Å². The molecule has 0 atom stereocenters. The largest absolute Gasteiger partial charge is 0.330 e. The average molecular weight is 372 g/mol. The number of unbranched alkanes of at least 4 members (excludes halogenated alkanes) is 2. The molecule has 0 saturated heterocycles. The molecule has 140 valence electrons. The van der Waals surface area contributed by atoms with Crippen molar-refractivity contribution < 1.29 is 27.2 Å². The summed E-state index contributed by atoms with van der Waals surface area (Å²) in [4.78, 5) is 0.